The highest BCUT2D eigenvalue weighted by molar-refractivity contribution is 8.18. The Morgan fingerprint density at radius 1 is 1.26 bits per heavy atom. The lowest BCUT2D eigenvalue weighted by molar-refractivity contribution is -0.115. The van der Waals surface area contributed by atoms with Crippen molar-refractivity contribution in [3.05, 3.63) is 63.6 Å². The molecule has 5 heteroatoms. The van der Waals surface area contributed by atoms with Crippen LogP contribution in [-0.4, -0.2) is 23.7 Å². The molecule has 1 amide bonds. The fraction of sp³-hybridized carbons (Fsp3) is 0.385. The first kappa shape index (κ1) is 21.7. The van der Waals surface area contributed by atoms with Crippen molar-refractivity contribution < 1.29 is 4.79 Å². The fourth-order valence-electron chi connectivity index (χ4n) is 4.44. The number of nitrogens with zero attached hydrogens (tertiary/aromatic N) is 2. The Labute approximate surface area is 189 Å². The average molecular weight is 434 g/mol. The van der Waals surface area contributed by atoms with Gasteiger partial charge >= 0.3 is 0 Å². The Morgan fingerprint density at radius 2 is 1.97 bits per heavy atom. The molecule has 0 radical (unpaired) electrons. The van der Waals surface area contributed by atoms with Gasteiger partial charge in [-0.05, 0) is 104 Å². The van der Waals surface area contributed by atoms with Crippen LogP contribution in [0.5, 0.6) is 0 Å². The number of amidine groups is 1. The molecule has 1 N–H and O–H groups in total. The minimum Gasteiger partial charge on any atom is -0.369 e. The van der Waals surface area contributed by atoms with Crippen molar-refractivity contribution in [2.75, 3.05) is 11.9 Å². The molecule has 162 valence electrons. The van der Waals surface area contributed by atoms with Crippen LogP contribution in [0.2, 0.25) is 0 Å². The highest BCUT2D eigenvalue weighted by atomic mass is 32.2. The summed E-state index contributed by atoms with van der Waals surface area (Å²) in [7, 11) is 2.18. The molecule has 1 fully saturated rings. The molecule has 1 atom stereocenters. The third-order valence-corrected chi connectivity index (χ3v) is 7.44. The first-order valence-corrected chi connectivity index (χ1v) is 11.8. The largest absolute Gasteiger partial charge is 0.369 e. The zero-order chi connectivity index (χ0) is 22.3. The lowest BCUT2D eigenvalue weighted by Crippen LogP contribution is -2.45. The van der Waals surface area contributed by atoms with Gasteiger partial charge in [-0.25, -0.2) is 4.99 Å². The summed E-state index contributed by atoms with van der Waals surface area (Å²) >= 11 is 1.41. The van der Waals surface area contributed by atoms with E-state index < -0.39 is 0 Å². The molecule has 2 aliphatic heterocycles. The molecule has 0 aromatic heterocycles. The third-order valence-electron chi connectivity index (χ3n) is 6.53. The maximum absolute atomic E-state index is 12.6. The van der Waals surface area contributed by atoms with Crippen molar-refractivity contribution >= 4 is 40.3 Å². The summed E-state index contributed by atoms with van der Waals surface area (Å²) < 4.78 is 0. The molecular formula is C26H31N3OS. The number of aliphatic imine (C=N–C) groups is 1. The molecule has 31 heavy (non-hydrogen) atoms. The summed E-state index contributed by atoms with van der Waals surface area (Å²) in [5.41, 5.74) is 7.20. The number of carbonyl (C=O) groups excluding carboxylic acids is 1. The molecular weight excluding hydrogens is 402 g/mol. The number of carbonyl (C=O) groups is 1. The lowest BCUT2D eigenvalue weighted by Gasteiger charge is -2.45. The van der Waals surface area contributed by atoms with Crippen molar-refractivity contribution in [3.8, 4) is 0 Å². The topological polar surface area (TPSA) is 44.7 Å². The van der Waals surface area contributed by atoms with Gasteiger partial charge in [-0.1, -0.05) is 26.0 Å². The van der Waals surface area contributed by atoms with Crippen molar-refractivity contribution in [2.45, 2.75) is 58.9 Å². The zero-order valence-corrected chi connectivity index (χ0v) is 20.1. The molecule has 0 bridgehead atoms. The van der Waals surface area contributed by atoms with Gasteiger partial charge in [-0.2, -0.15) is 0 Å². The van der Waals surface area contributed by atoms with E-state index in [0.717, 1.165) is 24.1 Å². The number of nitrogens with one attached hydrogen (secondary N) is 1. The second-order valence-electron chi connectivity index (χ2n) is 9.25. The van der Waals surface area contributed by atoms with Gasteiger partial charge in [0.05, 0.1) is 10.6 Å². The van der Waals surface area contributed by atoms with Gasteiger partial charge in [0, 0.05) is 18.3 Å². The second kappa shape index (κ2) is 8.19. The molecule has 0 unspecified atom stereocenters. The average Bonchev–Trinajstić information content (AvgIpc) is 3.06. The van der Waals surface area contributed by atoms with E-state index >= 15 is 0 Å². The molecule has 2 aromatic carbocycles. The van der Waals surface area contributed by atoms with E-state index in [4.69, 9.17) is 0 Å². The van der Waals surface area contributed by atoms with Crippen LogP contribution in [0.3, 0.4) is 0 Å². The molecule has 0 aliphatic carbocycles. The summed E-state index contributed by atoms with van der Waals surface area (Å²) in [5, 5.41) is 3.54. The first-order valence-electron chi connectivity index (χ1n) is 10.9. The summed E-state index contributed by atoms with van der Waals surface area (Å²) in [6.45, 7) is 11.1. The van der Waals surface area contributed by atoms with E-state index in [9.17, 15) is 4.79 Å². The number of fused-ring (bicyclic) bond motifs is 1. The van der Waals surface area contributed by atoms with E-state index in [0.29, 0.717) is 16.0 Å². The summed E-state index contributed by atoms with van der Waals surface area (Å²) in [4.78, 5) is 20.3. The van der Waals surface area contributed by atoms with E-state index in [1.54, 1.807) is 0 Å². The van der Waals surface area contributed by atoms with Crippen molar-refractivity contribution in [2.24, 2.45) is 4.99 Å². The van der Waals surface area contributed by atoms with Crippen molar-refractivity contribution in [3.63, 3.8) is 0 Å². The summed E-state index contributed by atoms with van der Waals surface area (Å²) in [6.07, 6.45) is 4.12. The monoisotopic (exact) mass is 433 g/mol. The minimum atomic E-state index is -0.0858. The SMILES string of the molecule is CCc1ccc(N=C2NC(=O)/C(=C/c3cc4c(cc3C)N(C)C(C)(C)C[C@@H]4C)S2)cc1. The molecule has 2 aromatic rings. The van der Waals surface area contributed by atoms with Gasteiger partial charge in [0.1, 0.15) is 0 Å². The van der Waals surface area contributed by atoms with Gasteiger partial charge in [-0.3, -0.25) is 4.79 Å². The van der Waals surface area contributed by atoms with Crippen molar-refractivity contribution in [1.29, 1.82) is 0 Å². The standard InChI is InChI=1S/C26H31N3OS/c1-7-18-8-10-20(11-9-18)27-25-28-24(30)23(31-25)14-19-13-21-17(3)15-26(4,5)29(6)22(21)12-16(19)2/h8-14,17H,7,15H2,1-6H3,(H,27,28,30)/b23-14-/t17-/m0/s1. The van der Waals surface area contributed by atoms with E-state index in [2.05, 4.69) is 81.1 Å². The van der Waals surface area contributed by atoms with E-state index in [1.165, 1.54) is 34.1 Å². The second-order valence-corrected chi connectivity index (χ2v) is 10.3. The molecule has 1 saturated heterocycles. The first-order chi connectivity index (χ1) is 14.7. The highest BCUT2D eigenvalue weighted by Crippen LogP contribution is 2.44. The number of hydrogen-bond donors (Lipinski definition) is 1. The van der Waals surface area contributed by atoms with Crippen LogP contribution in [0.1, 0.15) is 62.3 Å². The zero-order valence-electron chi connectivity index (χ0n) is 19.2. The predicted octanol–water partition coefficient (Wildman–Crippen LogP) is 6.17. The number of benzene rings is 2. The van der Waals surface area contributed by atoms with Gasteiger partial charge in [-0.15, -0.1) is 0 Å². The van der Waals surface area contributed by atoms with Crippen LogP contribution in [0, 0.1) is 6.92 Å². The Morgan fingerprint density at radius 3 is 2.65 bits per heavy atom. The number of anilines is 1. The van der Waals surface area contributed by atoms with Gasteiger partial charge in [0.25, 0.3) is 5.91 Å². The predicted molar refractivity (Wildman–Crippen MR) is 133 cm³/mol. The molecule has 4 rings (SSSR count). The van der Waals surface area contributed by atoms with Crippen LogP contribution < -0.4 is 10.2 Å². The van der Waals surface area contributed by atoms with Gasteiger partial charge in [0.2, 0.25) is 0 Å². The van der Waals surface area contributed by atoms with E-state index in [-0.39, 0.29) is 11.4 Å². The number of rotatable bonds is 3. The Hall–Kier alpha value is -2.53. The smallest absolute Gasteiger partial charge is 0.264 e. The van der Waals surface area contributed by atoms with Gasteiger partial charge < -0.3 is 10.2 Å². The number of amides is 1. The van der Waals surface area contributed by atoms with Crippen molar-refractivity contribution in [1.82, 2.24) is 5.32 Å². The molecule has 2 heterocycles. The quantitative estimate of drug-likeness (QED) is 0.589. The minimum absolute atomic E-state index is 0.0858. The van der Waals surface area contributed by atoms with Crippen LogP contribution in [0.25, 0.3) is 6.08 Å². The van der Waals surface area contributed by atoms with Crippen LogP contribution in [0.4, 0.5) is 11.4 Å². The molecule has 4 nitrogen and oxygen atoms in total. The summed E-state index contributed by atoms with van der Waals surface area (Å²) in [5.74, 6) is 0.393. The highest BCUT2D eigenvalue weighted by Gasteiger charge is 2.34. The Kier molecular flexibility index (Phi) is 5.73. The third kappa shape index (κ3) is 4.29. The van der Waals surface area contributed by atoms with Crippen LogP contribution >= 0.6 is 11.8 Å². The molecule has 0 saturated carbocycles. The van der Waals surface area contributed by atoms with Gasteiger partial charge in [0.15, 0.2) is 5.17 Å². The Bertz CT molecular complexity index is 1080. The lowest BCUT2D eigenvalue weighted by atomic mass is 9.79. The molecule has 2 aliphatic rings. The number of hydrogen-bond acceptors (Lipinski definition) is 4. The maximum Gasteiger partial charge on any atom is 0.264 e. The Balaban J connectivity index is 1.62. The maximum atomic E-state index is 12.6. The number of aryl methyl sites for hydroxylation is 2. The number of thioether (sulfide) groups is 1. The molecule has 0 spiro atoms. The van der Waals surface area contributed by atoms with Crippen LogP contribution in [-0.2, 0) is 11.2 Å². The normalized spacial score (nSPS) is 22.7. The summed E-state index contributed by atoms with van der Waals surface area (Å²) in [6, 6.07) is 12.7. The van der Waals surface area contributed by atoms with Crippen LogP contribution in [0.15, 0.2) is 46.3 Å². The van der Waals surface area contributed by atoms with E-state index in [1.807, 2.05) is 18.2 Å². The fourth-order valence-corrected chi connectivity index (χ4v) is 5.27.